The minimum absolute atomic E-state index is 0.00673. The largest absolute Gasteiger partial charge is 0.342 e. The van der Waals surface area contributed by atoms with E-state index in [1.54, 1.807) is 0 Å². The van der Waals surface area contributed by atoms with Gasteiger partial charge in [0.2, 0.25) is 5.91 Å². The maximum Gasteiger partial charge on any atom is 0.228 e. The smallest absolute Gasteiger partial charge is 0.228 e. The lowest BCUT2D eigenvalue weighted by atomic mass is 9.83. The fraction of sp³-hybridized carbons (Fsp3) is 0.933. The highest BCUT2D eigenvalue weighted by Gasteiger charge is 2.55. The van der Waals surface area contributed by atoms with E-state index in [9.17, 15) is 4.79 Å². The molecule has 1 aliphatic heterocycles. The van der Waals surface area contributed by atoms with Crippen molar-refractivity contribution in [2.45, 2.75) is 58.3 Å². The summed E-state index contributed by atoms with van der Waals surface area (Å²) in [6, 6.07) is 0. The third-order valence-electron chi connectivity index (χ3n) is 5.15. The minimum atomic E-state index is 0.00673. The molecule has 3 rings (SSSR count). The highest BCUT2D eigenvalue weighted by molar-refractivity contribution is 5.83. The SMILES string of the molecule is CC1(C(=O)N2CCCCCCC2)CC2CC2C1. The monoisotopic (exact) mass is 235 g/mol. The zero-order chi connectivity index (χ0) is 11.9. The molecule has 17 heavy (non-hydrogen) atoms. The van der Waals surface area contributed by atoms with Crippen LogP contribution in [-0.4, -0.2) is 23.9 Å². The number of amides is 1. The molecule has 2 aliphatic carbocycles. The van der Waals surface area contributed by atoms with Gasteiger partial charge in [0.15, 0.2) is 0 Å². The molecule has 1 amide bonds. The third-order valence-corrected chi connectivity index (χ3v) is 5.15. The van der Waals surface area contributed by atoms with Crippen LogP contribution in [0.2, 0.25) is 0 Å². The number of hydrogen-bond acceptors (Lipinski definition) is 1. The van der Waals surface area contributed by atoms with Gasteiger partial charge in [0.25, 0.3) is 0 Å². The van der Waals surface area contributed by atoms with E-state index < -0.39 is 0 Å². The Morgan fingerprint density at radius 2 is 1.53 bits per heavy atom. The van der Waals surface area contributed by atoms with Gasteiger partial charge in [0, 0.05) is 18.5 Å². The van der Waals surface area contributed by atoms with Crippen LogP contribution in [0.1, 0.15) is 58.3 Å². The van der Waals surface area contributed by atoms with Gasteiger partial charge in [-0.3, -0.25) is 4.79 Å². The highest BCUT2D eigenvalue weighted by Crippen LogP contribution is 2.60. The van der Waals surface area contributed by atoms with E-state index >= 15 is 0 Å². The Hall–Kier alpha value is -0.530. The van der Waals surface area contributed by atoms with Gasteiger partial charge >= 0.3 is 0 Å². The molecule has 1 heterocycles. The van der Waals surface area contributed by atoms with Gasteiger partial charge in [-0.1, -0.05) is 26.2 Å². The van der Waals surface area contributed by atoms with Gasteiger partial charge in [0.1, 0.15) is 0 Å². The summed E-state index contributed by atoms with van der Waals surface area (Å²) in [4.78, 5) is 14.9. The Balaban J connectivity index is 1.63. The molecule has 0 N–H and O–H groups in total. The molecule has 2 nitrogen and oxygen atoms in total. The van der Waals surface area contributed by atoms with Crippen LogP contribution in [0.3, 0.4) is 0 Å². The summed E-state index contributed by atoms with van der Waals surface area (Å²) >= 11 is 0. The van der Waals surface area contributed by atoms with Crippen LogP contribution in [0.5, 0.6) is 0 Å². The summed E-state index contributed by atoms with van der Waals surface area (Å²) in [6.45, 7) is 4.26. The molecule has 0 radical (unpaired) electrons. The number of hydrogen-bond donors (Lipinski definition) is 0. The molecule has 0 spiro atoms. The van der Waals surface area contributed by atoms with E-state index in [4.69, 9.17) is 0 Å². The second-order valence-electron chi connectivity index (χ2n) is 6.78. The van der Waals surface area contributed by atoms with Crippen LogP contribution >= 0.6 is 0 Å². The molecule has 0 bridgehead atoms. The van der Waals surface area contributed by atoms with E-state index in [0.717, 1.165) is 24.9 Å². The summed E-state index contributed by atoms with van der Waals surface area (Å²) in [5.74, 6) is 2.28. The third kappa shape index (κ3) is 2.23. The highest BCUT2D eigenvalue weighted by atomic mass is 16.2. The summed E-state index contributed by atoms with van der Waals surface area (Å²) in [7, 11) is 0. The summed E-state index contributed by atoms with van der Waals surface area (Å²) < 4.78 is 0. The maximum absolute atomic E-state index is 12.7. The molecule has 2 unspecified atom stereocenters. The summed E-state index contributed by atoms with van der Waals surface area (Å²) in [5.41, 5.74) is 0.00673. The quantitative estimate of drug-likeness (QED) is 0.683. The molecule has 2 saturated carbocycles. The van der Waals surface area contributed by atoms with Gasteiger partial charge < -0.3 is 4.90 Å². The van der Waals surface area contributed by atoms with E-state index in [2.05, 4.69) is 11.8 Å². The lowest BCUT2D eigenvalue weighted by molar-refractivity contribution is -0.141. The van der Waals surface area contributed by atoms with Crippen LogP contribution < -0.4 is 0 Å². The number of fused-ring (bicyclic) bond motifs is 1. The Morgan fingerprint density at radius 3 is 2.12 bits per heavy atom. The van der Waals surface area contributed by atoms with Crippen LogP contribution in [-0.2, 0) is 4.79 Å². The number of likely N-dealkylation sites (tertiary alicyclic amines) is 1. The molecule has 2 atom stereocenters. The van der Waals surface area contributed by atoms with Crippen molar-refractivity contribution in [2.75, 3.05) is 13.1 Å². The van der Waals surface area contributed by atoms with E-state index in [-0.39, 0.29) is 5.41 Å². The van der Waals surface area contributed by atoms with Crippen molar-refractivity contribution < 1.29 is 4.79 Å². The lowest BCUT2D eigenvalue weighted by Crippen LogP contribution is -2.43. The Morgan fingerprint density at radius 1 is 1.00 bits per heavy atom. The van der Waals surface area contributed by atoms with Gasteiger partial charge in [-0.25, -0.2) is 0 Å². The van der Waals surface area contributed by atoms with Gasteiger partial charge in [-0.2, -0.15) is 0 Å². The second-order valence-corrected chi connectivity index (χ2v) is 6.78. The fourth-order valence-electron chi connectivity index (χ4n) is 4.06. The topological polar surface area (TPSA) is 20.3 Å². The van der Waals surface area contributed by atoms with E-state index in [0.29, 0.717) is 5.91 Å². The Bertz CT molecular complexity index is 294. The molecule has 0 aromatic heterocycles. The second kappa shape index (κ2) is 4.29. The van der Waals surface area contributed by atoms with Crippen molar-refractivity contribution in [2.24, 2.45) is 17.3 Å². The fourth-order valence-corrected chi connectivity index (χ4v) is 4.06. The van der Waals surface area contributed by atoms with E-state index in [1.807, 2.05) is 0 Å². The molecule has 2 heteroatoms. The van der Waals surface area contributed by atoms with Crippen LogP contribution in [0.15, 0.2) is 0 Å². The van der Waals surface area contributed by atoms with Crippen molar-refractivity contribution in [3.8, 4) is 0 Å². The predicted molar refractivity (Wildman–Crippen MR) is 68.6 cm³/mol. The van der Waals surface area contributed by atoms with Crippen LogP contribution in [0, 0.1) is 17.3 Å². The molecule has 0 aromatic rings. The summed E-state index contributed by atoms with van der Waals surface area (Å²) in [6.07, 6.45) is 10.2. The predicted octanol–water partition coefficient (Wildman–Crippen LogP) is 3.22. The maximum atomic E-state index is 12.7. The average molecular weight is 235 g/mol. The first-order valence-corrected chi connectivity index (χ1v) is 7.48. The first-order valence-electron chi connectivity index (χ1n) is 7.48. The molecular formula is C15H25NO. The van der Waals surface area contributed by atoms with Crippen molar-refractivity contribution in [3.05, 3.63) is 0 Å². The lowest BCUT2D eigenvalue weighted by Gasteiger charge is -2.34. The molecule has 0 aromatic carbocycles. The number of nitrogens with zero attached hydrogens (tertiary/aromatic N) is 1. The van der Waals surface area contributed by atoms with Crippen molar-refractivity contribution in [1.82, 2.24) is 4.90 Å². The van der Waals surface area contributed by atoms with Gasteiger partial charge in [-0.05, 0) is 43.9 Å². The first-order chi connectivity index (χ1) is 8.19. The molecule has 3 fully saturated rings. The van der Waals surface area contributed by atoms with Gasteiger partial charge in [-0.15, -0.1) is 0 Å². The standard InChI is InChI=1S/C15H25NO/c1-15(10-12-9-13(12)11-15)14(17)16-7-5-3-2-4-6-8-16/h12-13H,2-11H2,1H3. The summed E-state index contributed by atoms with van der Waals surface area (Å²) in [5, 5.41) is 0. The molecule has 96 valence electrons. The molecule has 3 aliphatic rings. The van der Waals surface area contributed by atoms with Crippen LogP contribution in [0.25, 0.3) is 0 Å². The normalized spacial score (nSPS) is 41.6. The first kappa shape index (κ1) is 11.6. The number of rotatable bonds is 1. The molecule has 1 saturated heterocycles. The number of carbonyl (C=O) groups is 1. The number of carbonyl (C=O) groups excluding carboxylic acids is 1. The minimum Gasteiger partial charge on any atom is -0.342 e. The van der Waals surface area contributed by atoms with Crippen molar-refractivity contribution in [3.63, 3.8) is 0 Å². The van der Waals surface area contributed by atoms with Crippen molar-refractivity contribution in [1.29, 1.82) is 0 Å². The zero-order valence-electron chi connectivity index (χ0n) is 11.1. The van der Waals surface area contributed by atoms with Crippen molar-refractivity contribution >= 4 is 5.91 Å². The Kier molecular flexibility index (Phi) is 2.92. The van der Waals surface area contributed by atoms with Gasteiger partial charge in [0.05, 0.1) is 0 Å². The zero-order valence-corrected chi connectivity index (χ0v) is 11.1. The average Bonchev–Trinajstić information content (AvgIpc) is 2.86. The van der Waals surface area contributed by atoms with Crippen LogP contribution in [0.4, 0.5) is 0 Å². The molecular weight excluding hydrogens is 210 g/mol. The van der Waals surface area contributed by atoms with E-state index in [1.165, 1.54) is 51.4 Å². The Labute approximate surface area is 105 Å².